The number of aryl methyl sites for hydroxylation is 2. The van der Waals surface area contributed by atoms with Crippen LogP contribution in [-0.2, 0) is 18.3 Å². The predicted molar refractivity (Wildman–Crippen MR) is 134 cm³/mol. The second kappa shape index (κ2) is 9.19. The standard InChI is InChI=1S/C29H30N2O/c1-29(2,24-11-17-27(18-12-24)32-28-19-15-26(31)16-20-28)23-9-5-21(6-10-23)3-4-22-7-13-25(30)14-8-22/h5-20H,3-4,30-31H2,1-2H3. The molecule has 3 nitrogen and oxygen atoms in total. The van der Waals surface area contributed by atoms with Crippen LogP contribution >= 0.6 is 0 Å². The van der Waals surface area contributed by atoms with Crippen molar-refractivity contribution in [1.82, 2.24) is 0 Å². The van der Waals surface area contributed by atoms with Gasteiger partial charge in [-0.25, -0.2) is 0 Å². The second-order valence-corrected chi connectivity index (χ2v) is 8.76. The maximum atomic E-state index is 5.93. The van der Waals surface area contributed by atoms with Gasteiger partial charge in [-0.3, -0.25) is 0 Å². The Hall–Kier alpha value is -3.72. The van der Waals surface area contributed by atoms with E-state index >= 15 is 0 Å². The highest BCUT2D eigenvalue weighted by atomic mass is 16.5. The van der Waals surface area contributed by atoms with Crippen LogP contribution in [0.1, 0.15) is 36.1 Å². The zero-order valence-corrected chi connectivity index (χ0v) is 18.7. The quantitative estimate of drug-likeness (QED) is 0.324. The van der Waals surface area contributed by atoms with Crippen molar-refractivity contribution < 1.29 is 4.74 Å². The fourth-order valence-corrected chi connectivity index (χ4v) is 3.84. The summed E-state index contributed by atoms with van der Waals surface area (Å²) in [6, 6.07) is 32.9. The van der Waals surface area contributed by atoms with Crippen molar-refractivity contribution in [2.45, 2.75) is 32.1 Å². The van der Waals surface area contributed by atoms with Crippen LogP contribution in [0.3, 0.4) is 0 Å². The van der Waals surface area contributed by atoms with E-state index in [0.717, 1.165) is 35.7 Å². The normalized spacial score (nSPS) is 11.3. The van der Waals surface area contributed by atoms with Crippen molar-refractivity contribution in [2.24, 2.45) is 0 Å². The number of benzene rings is 4. The fraction of sp³-hybridized carbons (Fsp3) is 0.172. The minimum absolute atomic E-state index is 0.102. The van der Waals surface area contributed by atoms with Crippen molar-refractivity contribution in [1.29, 1.82) is 0 Å². The van der Waals surface area contributed by atoms with E-state index < -0.39 is 0 Å². The number of nitrogen functional groups attached to an aromatic ring is 2. The average molecular weight is 423 g/mol. The lowest BCUT2D eigenvalue weighted by molar-refractivity contribution is 0.482. The molecule has 0 spiro atoms. The van der Waals surface area contributed by atoms with Gasteiger partial charge in [0, 0.05) is 16.8 Å². The third kappa shape index (κ3) is 5.12. The summed E-state index contributed by atoms with van der Waals surface area (Å²) in [5, 5.41) is 0. The summed E-state index contributed by atoms with van der Waals surface area (Å²) in [7, 11) is 0. The van der Waals surface area contributed by atoms with Crippen LogP contribution in [0.2, 0.25) is 0 Å². The van der Waals surface area contributed by atoms with Gasteiger partial charge >= 0.3 is 0 Å². The van der Waals surface area contributed by atoms with Crippen LogP contribution in [-0.4, -0.2) is 0 Å². The summed E-state index contributed by atoms with van der Waals surface area (Å²) in [5.41, 5.74) is 18.1. The maximum absolute atomic E-state index is 5.93. The highest BCUT2D eigenvalue weighted by molar-refractivity contribution is 5.45. The van der Waals surface area contributed by atoms with Crippen LogP contribution in [0.15, 0.2) is 97.1 Å². The summed E-state index contributed by atoms with van der Waals surface area (Å²) in [5.74, 6) is 1.59. The van der Waals surface area contributed by atoms with E-state index in [9.17, 15) is 0 Å². The SMILES string of the molecule is CC(C)(c1ccc(CCc2ccc(N)cc2)cc1)c1ccc(Oc2ccc(N)cc2)cc1. The van der Waals surface area contributed by atoms with Gasteiger partial charge in [-0.1, -0.05) is 62.4 Å². The molecule has 0 aromatic heterocycles. The van der Waals surface area contributed by atoms with Gasteiger partial charge in [0.05, 0.1) is 0 Å². The third-order valence-corrected chi connectivity index (χ3v) is 6.05. The van der Waals surface area contributed by atoms with Gasteiger partial charge in [-0.15, -0.1) is 0 Å². The number of anilines is 2. The highest BCUT2D eigenvalue weighted by Crippen LogP contribution is 2.33. The van der Waals surface area contributed by atoms with Gasteiger partial charge in [-0.05, 0) is 83.6 Å². The molecule has 0 fully saturated rings. The zero-order valence-electron chi connectivity index (χ0n) is 18.7. The molecule has 0 aliphatic heterocycles. The highest BCUT2D eigenvalue weighted by Gasteiger charge is 2.23. The molecule has 0 radical (unpaired) electrons. The number of nitrogens with two attached hydrogens (primary N) is 2. The Morgan fingerprint density at radius 1 is 0.531 bits per heavy atom. The van der Waals surface area contributed by atoms with Gasteiger partial charge in [0.25, 0.3) is 0 Å². The Bertz CT molecular complexity index is 1140. The van der Waals surface area contributed by atoms with Crippen LogP contribution in [0.25, 0.3) is 0 Å². The Morgan fingerprint density at radius 3 is 1.34 bits per heavy atom. The first-order chi connectivity index (χ1) is 15.4. The van der Waals surface area contributed by atoms with Gasteiger partial charge in [0.1, 0.15) is 11.5 Å². The number of rotatable bonds is 7. The molecule has 0 heterocycles. The van der Waals surface area contributed by atoms with Crippen LogP contribution < -0.4 is 16.2 Å². The molecule has 0 saturated carbocycles. The minimum Gasteiger partial charge on any atom is -0.457 e. The summed E-state index contributed by atoms with van der Waals surface area (Å²) in [6.45, 7) is 4.51. The molecule has 0 bridgehead atoms. The molecule has 4 aromatic carbocycles. The molecule has 162 valence electrons. The van der Waals surface area contributed by atoms with Crippen LogP contribution in [0.5, 0.6) is 11.5 Å². The zero-order chi connectivity index (χ0) is 22.6. The van der Waals surface area contributed by atoms with Gasteiger partial charge in [0.2, 0.25) is 0 Å². The van der Waals surface area contributed by atoms with Crippen LogP contribution in [0.4, 0.5) is 11.4 Å². The summed E-state index contributed by atoms with van der Waals surface area (Å²) in [6.07, 6.45) is 2.03. The molecule has 3 heteroatoms. The monoisotopic (exact) mass is 422 g/mol. The molecular weight excluding hydrogens is 392 g/mol. The van der Waals surface area contributed by atoms with Gasteiger partial charge in [0.15, 0.2) is 0 Å². The van der Waals surface area contributed by atoms with Gasteiger partial charge in [-0.2, -0.15) is 0 Å². The van der Waals surface area contributed by atoms with Crippen LogP contribution in [0, 0.1) is 0 Å². The number of hydrogen-bond acceptors (Lipinski definition) is 3. The second-order valence-electron chi connectivity index (χ2n) is 8.76. The van der Waals surface area contributed by atoms with Crippen molar-refractivity contribution >= 4 is 11.4 Å². The summed E-state index contributed by atoms with van der Waals surface area (Å²) >= 11 is 0. The molecule has 0 aliphatic carbocycles. The van der Waals surface area contributed by atoms with E-state index in [4.69, 9.17) is 16.2 Å². The lowest BCUT2D eigenvalue weighted by Crippen LogP contribution is -2.18. The molecule has 4 aromatic rings. The van der Waals surface area contributed by atoms with E-state index in [1.165, 1.54) is 22.3 Å². The molecule has 0 aliphatic rings. The lowest BCUT2D eigenvalue weighted by atomic mass is 9.78. The Kier molecular flexibility index (Phi) is 6.18. The van der Waals surface area contributed by atoms with Crippen molar-refractivity contribution in [3.05, 3.63) is 119 Å². The van der Waals surface area contributed by atoms with E-state index in [0.29, 0.717) is 0 Å². The minimum atomic E-state index is -0.102. The Morgan fingerprint density at radius 2 is 0.875 bits per heavy atom. The topological polar surface area (TPSA) is 61.3 Å². The van der Waals surface area contributed by atoms with Crippen molar-refractivity contribution in [3.63, 3.8) is 0 Å². The number of hydrogen-bond donors (Lipinski definition) is 2. The molecule has 4 rings (SSSR count). The van der Waals surface area contributed by atoms with Crippen molar-refractivity contribution in [3.8, 4) is 11.5 Å². The molecule has 0 unspecified atom stereocenters. The molecule has 32 heavy (non-hydrogen) atoms. The molecule has 0 amide bonds. The first-order valence-electron chi connectivity index (χ1n) is 11.0. The predicted octanol–water partition coefficient (Wildman–Crippen LogP) is 6.75. The van der Waals surface area contributed by atoms with E-state index in [1.807, 2.05) is 48.5 Å². The van der Waals surface area contributed by atoms with E-state index in [2.05, 4.69) is 62.4 Å². The molecule has 0 atom stereocenters. The fourth-order valence-electron chi connectivity index (χ4n) is 3.84. The summed E-state index contributed by atoms with van der Waals surface area (Å²) in [4.78, 5) is 0. The Labute approximate surface area is 190 Å². The largest absolute Gasteiger partial charge is 0.457 e. The molecule has 4 N–H and O–H groups in total. The first-order valence-corrected chi connectivity index (χ1v) is 11.0. The number of ether oxygens (including phenoxy) is 1. The average Bonchev–Trinajstić information content (AvgIpc) is 2.81. The molecule has 0 saturated heterocycles. The third-order valence-electron chi connectivity index (χ3n) is 6.05. The Balaban J connectivity index is 1.41. The maximum Gasteiger partial charge on any atom is 0.127 e. The smallest absolute Gasteiger partial charge is 0.127 e. The van der Waals surface area contributed by atoms with E-state index in [1.54, 1.807) is 0 Å². The molecular formula is C29H30N2O. The first kappa shape index (κ1) is 21.5. The van der Waals surface area contributed by atoms with Crippen molar-refractivity contribution in [2.75, 3.05) is 11.5 Å². The van der Waals surface area contributed by atoms with E-state index in [-0.39, 0.29) is 5.41 Å². The lowest BCUT2D eigenvalue weighted by Gasteiger charge is -2.26. The summed E-state index contributed by atoms with van der Waals surface area (Å²) < 4.78 is 5.93. The van der Waals surface area contributed by atoms with Gasteiger partial charge < -0.3 is 16.2 Å².